The summed E-state index contributed by atoms with van der Waals surface area (Å²) in [5.74, 6) is 1.33. The number of phenols is 1. The van der Waals surface area contributed by atoms with Crippen LogP contribution in [0.1, 0.15) is 6.92 Å². The van der Waals surface area contributed by atoms with Crippen LogP contribution in [-0.2, 0) is 11.3 Å². The van der Waals surface area contributed by atoms with Gasteiger partial charge in [-0.15, -0.1) is 10.2 Å². The Morgan fingerprint density at radius 1 is 1.19 bits per heavy atom. The lowest BCUT2D eigenvalue weighted by molar-refractivity contribution is -0.113. The molecule has 2 aromatic carbocycles. The Kier molecular flexibility index (Phi) is 5.97. The summed E-state index contributed by atoms with van der Waals surface area (Å²) in [4.78, 5) is 12.3. The third kappa shape index (κ3) is 4.22. The molecule has 0 bridgehead atoms. The molecule has 0 saturated heterocycles. The highest BCUT2D eigenvalue weighted by Crippen LogP contribution is 2.30. The molecule has 27 heavy (non-hydrogen) atoms. The first-order chi connectivity index (χ1) is 13.1. The summed E-state index contributed by atoms with van der Waals surface area (Å²) in [6.45, 7) is 2.58. The van der Waals surface area contributed by atoms with Gasteiger partial charge in [-0.2, -0.15) is 0 Å². The van der Waals surface area contributed by atoms with Crippen molar-refractivity contribution in [2.45, 2.75) is 18.6 Å². The molecule has 2 N–H and O–H groups in total. The number of rotatable bonds is 7. The van der Waals surface area contributed by atoms with Crippen LogP contribution in [0.3, 0.4) is 0 Å². The zero-order chi connectivity index (χ0) is 19.2. The molecule has 0 aliphatic rings. The van der Waals surface area contributed by atoms with Crippen LogP contribution in [0, 0.1) is 0 Å². The number of nitrogens with one attached hydrogen (secondary N) is 1. The van der Waals surface area contributed by atoms with E-state index in [9.17, 15) is 9.90 Å². The molecule has 0 spiro atoms. The Labute approximate surface area is 161 Å². The lowest BCUT2D eigenvalue weighted by Crippen LogP contribution is -2.15. The standard InChI is InChI=1S/C19H20N4O3S/c1-3-23-18(13-8-4-6-10-15(13)24)21-22-19(23)27-12-17(25)20-14-9-5-7-11-16(14)26-2/h4-11,24H,3,12H2,1-2H3,(H,20,25). The van der Waals surface area contributed by atoms with Crippen molar-refractivity contribution in [1.82, 2.24) is 14.8 Å². The molecular formula is C19H20N4O3S. The van der Waals surface area contributed by atoms with Gasteiger partial charge >= 0.3 is 0 Å². The fourth-order valence-electron chi connectivity index (χ4n) is 2.61. The van der Waals surface area contributed by atoms with Gasteiger partial charge in [-0.3, -0.25) is 4.79 Å². The zero-order valence-electron chi connectivity index (χ0n) is 15.0. The molecule has 1 aromatic heterocycles. The van der Waals surface area contributed by atoms with Gasteiger partial charge in [0, 0.05) is 6.54 Å². The lowest BCUT2D eigenvalue weighted by Gasteiger charge is -2.10. The molecule has 0 saturated carbocycles. The van der Waals surface area contributed by atoms with Crippen molar-refractivity contribution < 1.29 is 14.6 Å². The van der Waals surface area contributed by atoms with Crippen LogP contribution in [0.2, 0.25) is 0 Å². The van der Waals surface area contributed by atoms with E-state index in [-0.39, 0.29) is 17.4 Å². The molecule has 1 amide bonds. The van der Waals surface area contributed by atoms with E-state index in [0.29, 0.717) is 34.5 Å². The van der Waals surface area contributed by atoms with Crippen molar-refractivity contribution >= 4 is 23.4 Å². The Morgan fingerprint density at radius 3 is 2.67 bits per heavy atom. The van der Waals surface area contributed by atoms with Gasteiger partial charge in [0.1, 0.15) is 11.5 Å². The molecule has 0 unspecified atom stereocenters. The summed E-state index contributed by atoms with van der Waals surface area (Å²) in [7, 11) is 1.56. The number of methoxy groups -OCH3 is 1. The monoisotopic (exact) mass is 384 g/mol. The summed E-state index contributed by atoms with van der Waals surface area (Å²) >= 11 is 1.29. The van der Waals surface area contributed by atoms with Crippen LogP contribution in [0.5, 0.6) is 11.5 Å². The lowest BCUT2D eigenvalue weighted by atomic mass is 10.2. The van der Waals surface area contributed by atoms with Gasteiger partial charge in [-0.05, 0) is 31.2 Å². The molecule has 3 rings (SSSR count). The number of carbonyl (C=O) groups excluding carboxylic acids is 1. The third-order valence-corrected chi connectivity index (χ3v) is 4.86. The van der Waals surface area contributed by atoms with E-state index in [0.717, 1.165) is 0 Å². The predicted molar refractivity (Wildman–Crippen MR) is 105 cm³/mol. The highest BCUT2D eigenvalue weighted by molar-refractivity contribution is 7.99. The molecule has 0 atom stereocenters. The van der Waals surface area contributed by atoms with Crippen molar-refractivity contribution in [1.29, 1.82) is 0 Å². The van der Waals surface area contributed by atoms with E-state index in [1.807, 2.05) is 29.7 Å². The van der Waals surface area contributed by atoms with Crippen molar-refractivity contribution in [2.24, 2.45) is 0 Å². The van der Waals surface area contributed by atoms with Crippen LogP contribution < -0.4 is 10.1 Å². The maximum atomic E-state index is 12.3. The fraction of sp³-hybridized carbons (Fsp3) is 0.211. The zero-order valence-corrected chi connectivity index (χ0v) is 15.9. The van der Waals surface area contributed by atoms with E-state index in [1.165, 1.54) is 11.8 Å². The van der Waals surface area contributed by atoms with Gasteiger partial charge in [0.15, 0.2) is 11.0 Å². The number of aromatic nitrogens is 3. The molecule has 140 valence electrons. The van der Waals surface area contributed by atoms with Crippen LogP contribution in [0.15, 0.2) is 53.7 Å². The number of phenolic OH excluding ortho intramolecular Hbond substituents is 1. The number of benzene rings is 2. The highest BCUT2D eigenvalue weighted by Gasteiger charge is 2.17. The highest BCUT2D eigenvalue weighted by atomic mass is 32.2. The summed E-state index contributed by atoms with van der Waals surface area (Å²) < 4.78 is 7.11. The number of carbonyl (C=O) groups is 1. The second-order valence-corrected chi connectivity index (χ2v) is 6.55. The first-order valence-electron chi connectivity index (χ1n) is 8.41. The Bertz CT molecular complexity index is 942. The van der Waals surface area contributed by atoms with Crippen molar-refractivity contribution in [3.8, 4) is 22.9 Å². The molecule has 0 fully saturated rings. The number of hydrogen-bond acceptors (Lipinski definition) is 6. The maximum absolute atomic E-state index is 12.3. The molecule has 8 heteroatoms. The number of amides is 1. The van der Waals surface area contributed by atoms with Crippen LogP contribution in [-0.4, -0.2) is 38.6 Å². The Balaban J connectivity index is 1.71. The minimum absolute atomic E-state index is 0.144. The Hall–Kier alpha value is -3.00. The van der Waals surface area contributed by atoms with Crippen molar-refractivity contribution in [3.05, 3.63) is 48.5 Å². The molecule has 0 aliphatic carbocycles. The Morgan fingerprint density at radius 2 is 1.93 bits per heavy atom. The molecular weight excluding hydrogens is 364 g/mol. The fourth-order valence-corrected chi connectivity index (χ4v) is 3.41. The first kappa shape index (κ1) is 18.8. The van der Waals surface area contributed by atoms with Gasteiger partial charge in [-0.1, -0.05) is 36.0 Å². The second-order valence-electron chi connectivity index (χ2n) is 5.60. The maximum Gasteiger partial charge on any atom is 0.234 e. The van der Waals surface area contributed by atoms with Gasteiger partial charge < -0.3 is 19.7 Å². The molecule has 7 nitrogen and oxygen atoms in total. The number of hydrogen-bond donors (Lipinski definition) is 2. The summed E-state index contributed by atoms with van der Waals surface area (Å²) in [6.07, 6.45) is 0. The molecule has 3 aromatic rings. The van der Waals surface area contributed by atoms with Crippen LogP contribution >= 0.6 is 11.8 Å². The topological polar surface area (TPSA) is 89.3 Å². The molecule has 0 aliphatic heterocycles. The first-order valence-corrected chi connectivity index (χ1v) is 9.39. The summed E-state index contributed by atoms with van der Waals surface area (Å²) in [6, 6.07) is 14.2. The minimum Gasteiger partial charge on any atom is -0.507 e. The average Bonchev–Trinajstić information content (AvgIpc) is 3.10. The van der Waals surface area contributed by atoms with Gasteiger partial charge in [0.05, 0.1) is 24.1 Å². The van der Waals surface area contributed by atoms with Crippen molar-refractivity contribution in [2.75, 3.05) is 18.2 Å². The number of thioether (sulfide) groups is 1. The number of ether oxygens (including phenoxy) is 1. The number of anilines is 1. The second kappa shape index (κ2) is 8.59. The van der Waals surface area contributed by atoms with Gasteiger partial charge in [0.2, 0.25) is 5.91 Å². The average molecular weight is 384 g/mol. The van der Waals surface area contributed by atoms with Gasteiger partial charge in [0.25, 0.3) is 0 Å². The summed E-state index contributed by atoms with van der Waals surface area (Å²) in [5.41, 5.74) is 1.23. The normalized spacial score (nSPS) is 10.6. The number of para-hydroxylation sites is 3. The van der Waals surface area contributed by atoms with Crippen LogP contribution in [0.25, 0.3) is 11.4 Å². The van der Waals surface area contributed by atoms with E-state index in [1.54, 1.807) is 37.4 Å². The summed E-state index contributed by atoms with van der Waals surface area (Å²) in [5, 5.41) is 21.9. The van der Waals surface area contributed by atoms with E-state index in [4.69, 9.17) is 4.74 Å². The van der Waals surface area contributed by atoms with Gasteiger partial charge in [-0.25, -0.2) is 0 Å². The van der Waals surface area contributed by atoms with E-state index < -0.39 is 0 Å². The number of nitrogens with zero attached hydrogens (tertiary/aromatic N) is 3. The predicted octanol–water partition coefficient (Wildman–Crippen LogP) is 3.41. The third-order valence-electron chi connectivity index (χ3n) is 3.89. The quantitative estimate of drug-likeness (QED) is 0.607. The van der Waals surface area contributed by atoms with E-state index in [2.05, 4.69) is 15.5 Å². The minimum atomic E-state index is -0.167. The molecule has 1 heterocycles. The van der Waals surface area contributed by atoms with Crippen molar-refractivity contribution in [3.63, 3.8) is 0 Å². The van der Waals surface area contributed by atoms with E-state index >= 15 is 0 Å². The van der Waals surface area contributed by atoms with Crippen LogP contribution in [0.4, 0.5) is 5.69 Å². The smallest absolute Gasteiger partial charge is 0.234 e. The largest absolute Gasteiger partial charge is 0.507 e. The number of aromatic hydroxyl groups is 1. The molecule has 0 radical (unpaired) electrons. The SMILES string of the molecule is CCn1c(SCC(=O)Nc2ccccc2OC)nnc1-c1ccccc1O.